The Labute approximate surface area is 122 Å². The van der Waals surface area contributed by atoms with E-state index in [1.165, 1.54) is 12.2 Å². The van der Waals surface area contributed by atoms with Gasteiger partial charge < -0.3 is 5.11 Å². The summed E-state index contributed by atoms with van der Waals surface area (Å²) in [7, 11) is 0. The van der Waals surface area contributed by atoms with Gasteiger partial charge in [-0.2, -0.15) is 0 Å². The Morgan fingerprint density at radius 2 is 1.33 bits per heavy atom. The molecule has 104 valence electrons. The Kier molecular flexibility index (Phi) is 4.83. The largest absolute Gasteiger partial charge is 0.478 e. The quantitative estimate of drug-likeness (QED) is 0.670. The summed E-state index contributed by atoms with van der Waals surface area (Å²) in [4.78, 5) is 22.4. The molecule has 0 heterocycles. The molecule has 2 aromatic carbocycles. The zero-order valence-corrected chi connectivity index (χ0v) is 11.3. The van der Waals surface area contributed by atoms with Crippen LogP contribution in [0.25, 0.3) is 12.2 Å². The van der Waals surface area contributed by atoms with Gasteiger partial charge in [0.1, 0.15) is 0 Å². The molecule has 0 saturated carbocycles. The number of benzene rings is 2. The van der Waals surface area contributed by atoms with E-state index in [1.54, 1.807) is 30.3 Å². The number of carbonyl (C=O) groups excluding carboxylic acids is 1. The monoisotopic (exact) mass is 278 g/mol. The Hall–Kier alpha value is -2.94. The normalized spacial score (nSPS) is 11.0. The van der Waals surface area contributed by atoms with Crippen LogP contribution in [0.15, 0.2) is 66.7 Å². The Balaban J connectivity index is 2.06. The number of aliphatic carboxylic acids is 1. The van der Waals surface area contributed by atoms with Crippen LogP contribution in [0, 0.1) is 0 Å². The molecule has 0 atom stereocenters. The SMILES string of the molecule is O=C(O)/C=C/c1ccc(C(=O)C=Cc2ccccc2)cc1. The zero-order chi connectivity index (χ0) is 15.1. The molecule has 0 aromatic heterocycles. The van der Waals surface area contributed by atoms with Crippen LogP contribution in [-0.2, 0) is 4.79 Å². The third kappa shape index (κ3) is 4.58. The summed E-state index contributed by atoms with van der Waals surface area (Å²) in [6.45, 7) is 0. The number of hydrogen-bond donors (Lipinski definition) is 1. The van der Waals surface area contributed by atoms with Crippen molar-refractivity contribution in [3.8, 4) is 0 Å². The summed E-state index contributed by atoms with van der Waals surface area (Å²) in [5.41, 5.74) is 2.27. The molecule has 21 heavy (non-hydrogen) atoms. The van der Waals surface area contributed by atoms with Gasteiger partial charge in [-0.15, -0.1) is 0 Å². The van der Waals surface area contributed by atoms with Gasteiger partial charge in [0.15, 0.2) is 5.78 Å². The summed E-state index contributed by atoms with van der Waals surface area (Å²) in [6.07, 6.45) is 5.83. The van der Waals surface area contributed by atoms with Gasteiger partial charge in [-0.3, -0.25) is 4.79 Å². The summed E-state index contributed by atoms with van der Waals surface area (Å²) < 4.78 is 0. The standard InChI is InChI=1S/C18H14O3/c19-17(12-8-14-4-2-1-3-5-14)16-10-6-15(7-11-16)9-13-18(20)21/h1-13H,(H,20,21)/b12-8?,13-9+. The first-order chi connectivity index (χ1) is 10.1. The highest BCUT2D eigenvalue weighted by atomic mass is 16.4. The minimum absolute atomic E-state index is 0.0902. The number of carboxylic acid groups (broad SMARTS) is 1. The zero-order valence-electron chi connectivity index (χ0n) is 11.3. The third-order valence-electron chi connectivity index (χ3n) is 2.84. The van der Waals surface area contributed by atoms with E-state index >= 15 is 0 Å². The predicted octanol–water partition coefficient (Wildman–Crippen LogP) is 3.68. The van der Waals surface area contributed by atoms with E-state index in [0.717, 1.165) is 17.2 Å². The van der Waals surface area contributed by atoms with Crippen LogP contribution in [0.1, 0.15) is 21.5 Å². The second kappa shape index (κ2) is 7.01. The van der Waals surface area contributed by atoms with E-state index < -0.39 is 5.97 Å². The van der Waals surface area contributed by atoms with Crippen molar-refractivity contribution >= 4 is 23.9 Å². The first-order valence-corrected chi connectivity index (χ1v) is 6.44. The van der Waals surface area contributed by atoms with Crippen LogP contribution < -0.4 is 0 Å². The second-order valence-electron chi connectivity index (χ2n) is 4.40. The Morgan fingerprint density at radius 3 is 1.95 bits per heavy atom. The van der Waals surface area contributed by atoms with Gasteiger partial charge in [-0.1, -0.05) is 60.7 Å². The lowest BCUT2D eigenvalue weighted by atomic mass is 10.1. The molecule has 0 aliphatic carbocycles. The molecule has 0 spiro atoms. The smallest absolute Gasteiger partial charge is 0.328 e. The van der Waals surface area contributed by atoms with Crippen molar-refractivity contribution in [1.29, 1.82) is 0 Å². The van der Waals surface area contributed by atoms with Gasteiger partial charge in [0, 0.05) is 11.6 Å². The molecule has 3 nitrogen and oxygen atoms in total. The van der Waals surface area contributed by atoms with Gasteiger partial charge in [0.25, 0.3) is 0 Å². The summed E-state index contributed by atoms with van der Waals surface area (Å²) in [5, 5.41) is 8.55. The van der Waals surface area contributed by atoms with Gasteiger partial charge in [0.2, 0.25) is 0 Å². The first kappa shape index (κ1) is 14.5. The molecule has 1 N–H and O–H groups in total. The third-order valence-corrected chi connectivity index (χ3v) is 2.84. The van der Waals surface area contributed by atoms with E-state index in [1.807, 2.05) is 30.3 Å². The van der Waals surface area contributed by atoms with Crippen LogP contribution in [0.4, 0.5) is 0 Å². The molecule has 0 aliphatic rings. The molecule has 2 aromatic rings. The molecule has 0 radical (unpaired) electrons. The maximum atomic E-state index is 12.0. The number of allylic oxidation sites excluding steroid dienone is 1. The fraction of sp³-hybridized carbons (Fsp3) is 0. The lowest BCUT2D eigenvalue weighted by Crippen LogP contribution is -1.93. The molecule has 0 fully saturated rings. The summed E-state index contributed by atoms with van der Waals surface area (Å²) in [5.74, 6) is -1.09. The molecule has 0 amide bonds. The van der Waals surface area contributed by atoms with Crippen molar-refractivity contribution in [2.45, 2.75) is 0 Å². The Morgan fingerprint density at radius 1 is 0.762 bits per heavy atom. The maximum Gasteiger partial charge on any atom is 0.328 e. The molecular weight excluding hydrogens is 264 g/mol. The van der Waals surface area contributed by atoms with Crippen molar-refractivity contribution in [1.82, 2.24) is 0 Å². The van der Waals surface area contributed by atoms with Crippen molar-refractivity contribution in [2.24, 2.45) is 0 Å². The number of hydrogen-bond acceptors (Lipinski definition) is 2. The molecule has 2 rings (SSSR count). The van der Waals surface area contributed by atoms with E-state index in [4.69, 9.17) is 5.11 Å². The fourth-order valence-corrected chi connectivity index (χ4v) is 1.76. The van der Waals surface area contributed by atoms with Crippen LogP contribution in [-0.4, -0.2) is 16.9 Å². The van der Waals surface area contributed by atoms with E-state index in [9.17, 15) is 9.59 Å². The lowest BCUT2D eigenvalue weighted by Gasteiger charge is -1.97. The van der Waals surface area contributed by atoms with E-state index in [-0.39, 0.29) is 5.78 Å². The van der Waals surface area contributed by atoms with E-state index in [0.29, 0.717) is 5.56 Å². The average molecular weight is 278 g/mol. The molecule has 0 saturated heterocycles. The van der Waals surface area contributed by atoms with Gasteiger partial charge in [0.05, 0.1) is 0 Å². The highest BCUT2D eigenvalue weighted by molar-refractivity contribution is 6.06. The number of rotatable bonds is 5. The van der Waals surface area contributed by atoms with Crippen LogP contribution in [0.3, 0.4) is 0 Å². The number of ketones is 1. The maximum absolute atomic E-state index is 12.0. The van der Waals surface area contributed by atoms with Gasteiger partial charge >= 0.3 is 5.97 Å². The molecule has 3 heteroatoms. The summed E-state index contributed by atoms with van der Waals surface area (Å²) >= 11 is 0. The van der Waals surface area contributed by atoms with Crippen molar-refractivity contribution in [3.05, 3.63) is 83.4 Å². The molecule has 0 bridgehead atoms. The minimum atomic E-state index is -0.999. The van der Waals surface area contributed by atoms with Crippen LogP contribution in [0.5, 0.6) is 0 Å². The average Bonchev–Trinajstić information content (AvgIpc) is 2.52. The fourth-order valence-electron chi connectivity index (χ4n) is 1.76. The Bertz CT molecular complexity index is 680. The highest BCUT2D eigenvalue weighted by Gasteiger charge is 2.01. The summed E-state index contributed by atoms with van der Waals surface area (Å²) in [6, 6.07) is 16.4. The van der Waals surface area contributed by atoms with Crippen molar-refractivity contribution in [3.63, 3.8) is 0 Å². The van der Waals surface area contributed by atoms with Crippen LogP contribution >= 0.6 is 0 Å². The number of carboxylic acids is 1. The number of carbonyl (C=O) groups is 2. The molecule has 0 unspecified atom stereocenters. The molecular formula is C18H14O3. The highest BCUT2D eigenvalue weighted by Crippen LogP contribution is 2.09. The van der Waals surface area contributed by atoms with E-state index in [2.05, 4.69) is 0 Å². The topological polar surface area (TPSA) is 54.4 Å². The van der Waals surface area contributed by atoms with Crippen molar-refractivity contribution in [2.75, 3.05) is 0 Å². The van der Waals surface area contributed by atoms with Gasteiger partial charge in [-0.25, -0.2) is 4.79 Å². The van der Waals surface area contributed by atoms with Crippen LogP contribution in [0.2, 0.25) is 0 Å². The first-order valence-electron chi connectivity index (χ1n) is 6.44. The van der Waals surface area contributed by atoms with Gasteiger partial charge in [-0.05, 0) is 23.3 Å². The lowest BCUT2D eigenvalue weighted by molar-refractivity contribution is -0.131. The molecule has 0 aliphatic heterocycles. The van der Waals surface area contributed by atoms with Crippen molar-refractivity contribution < 1.29 is 14.7 Å². The second-order valence-corrected chi connectivity index (χ2v) is 4.40. The predicted molar refractivity (Wildman–Crippen MR) is 82.9 cm³/mol. The minimum Gasteiger partial charge on any atom is -0.478 e.